The maximum Gasteiger partial charge on any atom is 0.255 e. The van der Waals surface area contributed by atoms with Gasteiger partial charge in [-0.2, -0.15) is 4.39 Å². The highest BCUT2D eigenvalue weighted by Crippen LogP contribution is 2.22. The van der Waals surface area contributed by atoms with Gasteiger partial charge < -0.3 is 20.5 Å². The zero-order chi connectivity index (χ0) is 20.8. The number of aromatic amines is 1. The molecule has 0 aliphatic carbocycles. The number of halogens is 1. The van der Waals surface area contributed by atoms with E-state index in [1.165, 1.54) is 0 Å². The van der Waals surface area contributed by atoms with Crippen molar-refractivity contribution in [2.24, 2.45) is 0 Å². The minimum atomic E-state index is -0.383. The van der Waals surface area contributed by atoms with Crippen molar-refractivity contribution in [2.75, 3.05) is 31.3 Å². The Labute approximate surface area is 170 Å². The molecule has 1 unspecified atom stereocenters. The first-order valence-electron chi connectivity index (χ1n) is 9.73. The molecule has 1 aromatic heterocycles. The monoisotopic (exact) mass is 394 g/mol. The van der Waals surface area contributed by atoms with Crippen LogP contribution in [0.5, 0.6) is 0 Å². The normalized spacial score (nSPS) is 12.0. The molecule has 0 aliphatic rings. The van der Waals surface area contributed by atoms with Crippen molar-refractivity contribution in [3.8, 4) is 11.1 Å². The standard InChI is InChI=1S/C23H27FN4O/c1-4-20(28(2)3)15-26-18-9-11-19(12-10-18)27-23(29)17-7-5-16(6-8-17)21-13-14-25-22(21)24/h5-14,20,25-26H,4,15H2,1-3H3,(H,27,29). The summed E-state index contributed by atoms with van der Waals surface area (Å²) in [4.78, 5) is 17.2. The summed E-state index contributed by atoms with van der Waals surface area (Å²) in [6, 6.07) is 16.7. The van der Waals surface area contributed by atoms with E-state index < -0.39 is 0 Å². The van der Waals surface area contributed by atoms with Crippen LogP contribution >= 0.6 is 0 Å². The maximum absolute atomic E-state index is 13.6. The molecule has 29 heavy (non-hydrogen) atoms. The summed E-state index contributed by atoms with van der Waals surface area (Å²) in [5, 5.41) is 6.32. The fraction of sp³-hybridized carbons (Fsp3) is 0.261. The Morgan fingerprint density at radius 3 is 2.24 bits per heavy atom. The predicted octanol–water partition coefficient (Wildman–Crippen LogP) is 4.83. The van der Waals surface area contributed by atoms with Crippen LogP contribution in [0.25, 0.3) is 11.1 Å². The summed E-state index contributed by atoms with van der Waals surface area (Å²) >= 11 is 0. The second kappa shape index (κ2) is 9.39. The minimum absolute atomic E-state index is 0.203. The number of hydrogen-bond acceptors (Lipinski definition) is 3. The van der Waals surface area contributed by atoms with Crippen molar-refractivity contribution in [2.45, 2.75) is 19.4 Å². The van der Waals surface area contributed by atoms with E-state index in [0.717, 1.165) is 29.9 Å². The lowest BCUT2D eigenvalue weighted by atomic mass is 10.1. The third-order valence-corrected chi connectivity index (χ3v) is 5.04. The number of nitrogens with zero attached hydrogens (tertiary/aromatic N) is 1. The Hall–Kier alpha value is -3.12. The van der Waals surface area contributed by atoms with E-state index in [2.05, 4.69) is 41.5 Å². The van der Waals surface area contributed by atoms with Gasteiger partial charge in [0.2, 0.25) is 0 Å². The molecule has 5 nitrogen and oxygen atoms in total. The van der Waals surface area contributed by atoms with Gasteiger partial charge in [-0.05, 0) is 68.5 Å². The zero-order valence-corrected chi connectivity index (χ0v) is 17.0. The molecule has 0 bridgehead atoms. The molecule has 0 spiro atoms. The number of aromatic nitrogens is 1. The highest BCUT2D eigenvalue weighted by atomic mass is 19.1. The Morgan fingerprint density at radius 2 is 1.69 bits per heavy atom. The van der Waals surface area contributed by atoms with Gasteiger partial charge in [-0.25, -0.2) is 0 Å². The second-order valence-electron chi connectivity index (χ2n) is 7.22. The Morgan fingerprint density at radius 1 is 1.03 bits per heavy atom. The molecule has 1 atom stereocenters. The van der Waals surface area contributed by atoms with E-state index in [0.29, 0.717) is 17.2 Å². The molecule has 6 heteroatoms. The van der Waals surface area contributed by atoms with Crippen molar-refractivity contribution in [3.63, 3.8) is 0 Å². The minimum Gasteiger partial charge on any atom is -0.383 e. The van der Waals surface area contributed by atoms with Crippen LogP contribution in [0.4, 0.5) is 15.8 Å². The fourth-order valence-electron chi connectivity index (χ4n) is 3.18. The van der Waals surface area contributed by atoms with Crippen LogP contribution in [0.2, 0.25) is 0 Å². The third kappa shape index (κ3) is 5.23. The van der Waals surface area contributed by atoms with Crippen LogP contribution in [0.1, 0.15) is 23.7 Å². The molecular weight excluding hydrogens is 367 g/mol. The van der Waals surface area contributed by atoms with E-state index in [4.69, 9.17) is 0 Å². The number of anilines is 2. The number of benzene rings is 2. The first-order chi connectivity index (χ1) is 14.0. The molecule has 152 valence electrons. The van der Waals surface area contributed by atoms with Gasteiger partial charge in [0, 0.05) is 41.3 Å². The predicted molar refractivity (Wildman–Crippen MR) is 117 cm³/mol. The molecule has 1 amide bonds. The number of rotatable bonds is 8. The van der Waals surface area contributed by atoms with Gasteiger partial charge in [-0.15, -0.1) is 0 Å². The average molecular weight is 394 g/mol. The van der Waals surface area contributed by atoms with Crippen molar-refractivity contribution in [1.29, 1.82) is 0 Å². The first kappa shape index (κ1) is 20.6. The molecule has 0 aliphatic heterocycles. The lowest BCUT2D eigenvalue weighted by molar-refractivity contribution is 0.102. The molecule has 1 heterocycles. The van der Waals surface area contributed by atoms with Gasteiger partial charge in [-0.3, -0.25) is 4.79 Å². The quantitative estimate of drug-likeness (QED) is 0.513. The van der Waals surface area contributed by atoms with Crippen molar-refractivity contribution >= 4 is 17.3 Å². The SMILES string of the molecule is CCC(CNc1ccc(NC(=O)c2ccc(-c3cc[nH]c3F)cc2)cc1)N(C)C. The Balaban J connectivity index is 1.58. The van der Waals surface area contributed by atoms with Gasteiger partial charge in [0.15, 0.2) is 5.95 Å². The van der Waals surface area contributed by atoms with Gasteiger partial charge in [-0.1, -0.05) is 19.1 Å². The van der Waals surface area contributed by atoms with Gasteiger partial charge >= 0.3 is 0 Å². The molecule has 3 N–H and O–H groups in total. The number of carbonyl (C=O) groups is 1. The van der Waals surface area contributed by atoms with Gasteiger partial charge in [0.1, 0.15) is 0 Å². The molecular formula is C23H27FN4O. The summed E-state index contributed by atoms with van der Waals surface area (Å²) in [5.74, 6) is -0.586. The Kier molecular flexibility index (Phi) is 6.67. The number of amides is 1. The zero-order valence-electron chi connectivity index (χ0n) is 17.0. The van der Waals surface area contributed by atoms with E-state index in [-0.39, 0.29) is 11.9 Å². The smallest absolute Gasteiger partial charge is 0.255 e. The van der Waals surface area contributed by atoms with Crippen molar-refractivity contribution in [3.05, 3.63) is 72.3 Å². The summed E-state index contributed by atoms with van der Waals surface area (Å²) in [5.41, 5.74) is 3.46. The number of hydrogen-bond donors (Lipinski definition) is 3. The van der Waals surface area contributed by atoms with E-state index in [9.17, 15) is 9.18 Å². The Bertz CT molecular complexity index is 932. The summed E-state index contributed by atoms with van der Waals surface area (Å²) in [6.45, 7) is 3.04. The number of likely N-dealkylation sites (N-methyl/N-ethyl adjacent to an activating group) is 1. The van der Waals surface area contributed by atoms with Crippen LogP contribution in [0.3, 0.4) is 0 Å². The average Bonchev–Trinajstić information content (AvgIpc) is 3.15. The van der Waals surface area contributed by atoms with Crippen molar-refractivity contribution < 1.29 is 9.18 Å². The van der Waals surface area contributed by atoms with Gasteiger partial charge in [0.25, 0.3) is 5.91 Å². The lowest BCUT2D eigenvalue weighted by Gasteiger charge is -2.23. The first-order valence-corrected chi connectivity index (χ1v) is 9.73. The molecule has 2 aromatic carbocycles. The third-order valence-electron chi connectivity index (χ3n) is 5.04. The maximum atomic E-state index is 13.6. The summed E-state index contributed by atoms with van der Waals surface area (Å²) < 4.78 is 13.6. The number of nitrogens with one attached hydrogen (secondary N) is 3. The molecule has 3 aromatic rings. The van der Waals surface area contributed by atoms with Crippen LogP contribution in [-0.2, 0) is 0 Å². The topological polar surface area (TPSA) is 60.2 Å². The molecule has 0 radical (unpaired) electrons. The fourth-order valence-corrected chi connectivity index (χ4v) is 3.18. The second-order valence-corrected chi connectivity index (χ2v) is 7.22. The number of H-pyrrole nitrogens is 1. The van der Waals surface area contributed by atoms with E-state index in [1.54, 1.807) is 36.5 Å². The van der Waals surface area contributed by atoms with Crippen molar-refractivity contribution in [1.82, 2.24) is 9.88 Å². The summed E-state index contributed by atoms with van der Waals surface area (Å²) in [6.07, 6.45) is 2.62. The van der Waals surface area contributed by atoms with E-state index >= 15 is 0 Å². The highest BCUT2D eigenvalue weighted by molar-refractivity contribution is 6.04. The van der Waals surface area contributed by atoms with Gasteiger partial charge in [0.05, 0.1) is 0 Å². The summed E-state index contributed by atoms with van der Waals surface area (Å²) in [7, 11) is 4.16. The highest BCUT2D eigenvalue weighted by Gasteiger charge is 2.10. The number of carbonyl (C=O) groups excluding carboxylic acids is 1. The van der Waals surface area contributed by atoms with Crippen LogP contribution < -0.4 is 10.6 Å². The largest absolute Gasteiger partial charge is 0.383 e. The van der Waals surface area contributed by atoms with Crippen LogP contribution in [0, 0.1) is 5.95 Å². The molecule has 0 fully saturated rings. The lowest BCUT2D eigenvalue weighted by Crippen LogP contribution is -2.33. The molecule has 3 rings (SSSR count). The van der Waals surface area contributed by atoms with E-state index in [1.807, 2.05) is 24.3 Å². The molecule has 0 saturated heterocycles. The van der Waals surface area contributed by atoms with Crippen LogP contribution in [-0.4, -0.2) is 42.5 Å². The molecule has 0 saturated carbocycles. The van der Waals surface area contributed by atoms with Crippen LogP contribution in [0.15, 0.2) is 60.8 Å².